The van der Waals surface area contributed by atoms with Crippen molar-refractivity contribution in [1.29, 1.82) is 0 Å². The van der Waals surface area contributed by atoms with Crippen LogP contribution in [0.2, 0.25) is 0 Å². The molecule has 0 heterocycles. The third-order valence-corrected chi connectivity index (χ3v) is 22.9. The molecule has 0 unspecified atom stereocenters. The van der Waals surface area contributed by atoms with Gasteiger partial charge in [-0.3, -0.25) is 0 Å². The van der Waals surface area contributed by atoms with E-state index in [2.05, 4.69) is 378 Å². The van der Waals surface area contributed by atoms with Gasteiger partial charge in [0.05, 0.1) is 0 Å². The number of rotatable bonds is 2. The van der Waals surface area contributed by atoms with Gasteiger partial charge in [-0.15, -0.1) is 0 Å². The molecule has 104 heavy (non-hydrogen) atoms. The second-order valence-electron chi connectivity index (χ2n) is 38.9. The summed E-state index contributed by atoms with van der Waals surface area (Å²) in [6.07, 6.45) is 12.7. The minimum atomic E-state index is 0.190. The van der Waals surface area contributed by atoms with Gasteiger partial charge in [0.25, 0.3) is 0 Å². The molecule has 0 N–H and O–H groups in total. The molecule has 2 fully saturated rings. The summed E-state index contributed by atoms with van der Waals surface area (Å²) in [5, 5.41) is 13.4. The first kappa shape index (κ1) is 82.4. The maximum atomic E-state index is 2.50. The van der Waals surface area contributed by atoms with Gasteiger partial charge in [0.2, 0.25) is 0 Å². The standard InChI is InChI=1S/2C19H20.C18H28.C17H26.C16H26.C15H18/c1-13-11-17-15(12-18(13)19(2,3)4)10-9-14-7-5-6-8-16(14)17;1-13-11-15-10-9-14-7-5-6-8-16(14)17(15)12-18(13)19(2,3)4;1-13-11-16(15-9-7-6-8-10-15)12-17(14(13)2)18(3,4)5;1-12-10-15(14-8-6-7-9-14)11-16(13(12)2)17(3,4)5;1-11-9-13(15(3,4)5)10-14(12(11)2)16(6,7)8;1-11-9-12-7-5-6-8-13(12)10-14(11)15(2,3)4/h2*5-12H,1-4H3;11-12,15H,6-10H2,1-5H3;10-11,14H,6-9H2,1-5H3;9-10H,1-8H3;5-10H,1-4H3. The molecule has 554 valence electrons. The maximum Gasteiger partial charge on any atom is -0.0102 e. The highest BCUT2D eigenvalue weighted by Gasteiger charge is 2.27. The molecule has 2 aliphatic rings. The summed E-state index contributed by atoms with van der Waals surface area (Å²) in [6, 6.07) is 63.3. The molecule has 2 saturated carbocycles. The molecule has 0 amide bonds. The average Bonchev–Trinajstić information content (AvgIpc) is 0.800. The third-order valence-electron chi connectivity index (χ3n) is 22.9. The quantitative estimate of drug-likeness (QED) is 0.151. The normalized spacial score (nSPS) is 14.2. The summed E-state index contributed by atoms with van der Waals surface area (Å²) in [4.78, 5) is 0. The lowest BCUT2D eigenvalue weighted by Crippen LogP contribution is -2.18. The van der Waals surface area contributed by atoms with Gasteiger partial charge in [0.15, 0.2) is 0 Å². The van der Waals surface area contributed by atoms with Crippen LogP contribution in [0.4, 0.5) is 0 Å². The molecule has 0 heteroatoms. The first-order chi connectivity index (χ1) is 48.2. The lowest BCUT2D eigenvalue weighted by atomic mass is 9.77. The number of hydrogen-bond donors (Lipinski definition) is 0. The van der Waals surface area contributed by atoms with Crippen LogP contribution in [0, 0.1) is 62.3 Å². The molecule has 0 aliphatic heterocycles. The zero-order chi connectivity index (χ0) is 77.0. The monoisotopic (exact) mass is 1390 g/mol. The van der Waals surface area contributed by atoms with E-state index in [1.54, 1.807) is 22.3 Å². The molecule has 11 aromatic carbocycles. The second-order valence-corrected chi connectivity index (χ2v) is 38.9. The van der Waals surface area contributed by atoms with Crippen molar-refractivity contribution in [3.05, 3.63) is 270 Å². The Hall–Kier alpha value is -7.28. The van der Waals surface area contributed by atoms with Crippen LogP contribution in [0.3, 0.4) is 0 Å². The van der Waals surface area contributed by atoms with E-state index in [1.807, 2.05) is 0 Å². The van der Waals surface area contributed by atoms with Gasteiger partial charge in [0.1, 0.15) is 0 Å². The Morgan fingerprint density at radius 3 is 0.894 bits per heavy atom. The third kappa shape index (κ3) is 20.7. The van der Waals surface area contributed by atoms with Gasteiger partial charge in [0, 0.05) is 0 Å². The number of benzene rings is 11. The van der Waals surface area contributed by atoms with Gasteiger partial charge in [-0.25, -0.2) is 0 Å². The molecule has 0 saturated heterocycles. The molecule has 0 bridgehead atoms. The van der Waals surface area contributed by atoms with Crippen LogP contribution in [0.5, 0.6) is 0 Å². The molecular formula is C104H138. The molecule has 11 aromatic rings. The van der Waals surface area contributed by atoms with E-state index < -0.39 is 0 Å². The summed E-state index contributed by atoms with van der Waals surface area (Å²) in [5.41, 5.74) is 28.1. The van der Waals surface area contributed by atoms with Crippen LogP contribution in [0.25, 0.3) is 53.9 Å². The summed E-state index contributed by atoms with van der Waals surface area (Å²) < 4.78 is 0. The molecule has 0 radical (unpaired) electrons. The molecule has 13 rings (SSSR count). The Balaban J connectivity index is 0.000000158. The average molecular weight is 1390 g/mol. The van der Waals surface area contributed by atoms with Crippen molar-refractivity contribution in [3.8, 4) is 0 Å². The number of hydrogen-bond acceptors (Lipinski definition) is 0. The van der Waals surface area contributed by atoms with Gasteiger partial charge in [-0.1, -0.05) is 341 Å². The molecule has 0 nitrogen and oxygen atoms in total. The Kier molecular flexibility index (Phi) is 26.0. The molecule has 0 aromatic heterocycles. The van der Waals surface area contributed by atoms with Crippen molar-refractivity contribution >= 4 is 53.9 Å². The van der Waals surface area contributed by atoms with E-state index in [9.17, 15) is 0 Å². The van der Waals surface area contributed by atoms with Crippen LogP contribution < -0.4 is 0 Å². The Labute approximate surface area is 635 Å². The highest BCUT2D eigenvalue weighted by Crippen LogP contribution is 2.42. The Bertz CT molecular complexity index is 4750. The van der Waals surface area contributed by atoms with Crippen molar-refractivity contribution in [1.82, 2.24) is 0 Å². The van der Waals surface area contributed by atoms with Gasteiger partial charge in [-0.05, 0) is 298 Å². The van der Waals surface area contributed by atoms with Crippen LogP contribution >= 0.6 is 0 Å². The van der Waals surface area contributed by atoms with Crippen LogP contribution in [-0.2, 0) is 37.9 Å². The van der Waals surface area contributed by atoms with E-state index in [0.29, 0.717) is 0 Å². The molecule has 0 atom stereocenters. The topological polar surface area (TPSA) is 0 Å². The summed E-state index contributed by atoms with van der Waals surface area (Å²) >= 11 is 0. The molecule has 2 aliphatic carbocycles. The first-order valence-corrected chi connectivity index (χ1v) is 39.9. The van der Waals surface area contributed by atoms with Crippen LogP contribution in [0.15, 0.2) is 170 Å². The lowest BCUT2D eigenvalue weighted by molar-refractivity contribution is 0.442. The SMILES string of the molecule is Cc1cc(C(C)(C)C)cc(C(C)(C)C)c1C.Cc1cc(C2CCCC2)cc(C(C)(C)C)c1C.Cc1cc(C2CCCCC2)cc(C(C)(C)C)c1C.Cc1cc2c(ccc3ccccc32)cc1C(C)(C)C.Cc1cc2ccc3ccccc3c2cc1C(C)(C)C.Cc1cc2ccccc2cc1C(C)(C)C. The van der Waals surface area contributed by atoms with E-state index in [-0.39, 0.29) is 37.9 Å². The summed E-state index contributed by atoms with van der Waals surface area (Å²) in [7, 11) is 0. The van der Waals surface area contributed by atoms with Crippen LogP contribution in [0.1, 0.15) is 315 Å². The summed E-state index contributed by atoms with van der Waals surface area (Å²) in [5.74, 6) is 1.65. The molecule has 0 spiro atoms. The van der Waals surface area contributed by atoms with Gasteiger partial charge < -0.3 is 0 Å². The van der Waals surface area contributed by atoms with Gasteiger partial charge in [-0.2, -0.15) is 0 Å². The highest BCUT2D eigenvalue weighted by molar-refractivity contribution is 6.09. The number of aryl methyl sites for hydroxylation is 6. The smallest absolute Gasteiger partial charge is 0.0102 e. The fourth-order valence-electron chi connectivity index (χ4n) is 16.7. The van der Waals surface area contributed by atoms with Gasteiger partial charge >= 0.3 is 0 Å². The minimum Gasteiger partial charge on any atom is -0.0616 e. The second kappa shape index (κ2) is 32.8. The van der Waals surface area contributed by atoms with Crippen molar-refractivity contribution in [2.24, 2.45) is 0 Å². The van der Waals surface area contributed by atoms with Crippen molar-refractivity contribution < 1.29 is 0 Å². The minimum absolute atomic E-state index is 0.190. The Morgan fingerprint density at radius 1 is 0.212 bits per heavy atom. The Morgan fingerprint density at radius 2 is 0.500 bits per heavy atom. The summed E-state index contributed by atoms with van der Waals surface area (Å²) in [6.45, 7) is 68.4. The number of fused-ring (bicyclic) bond motifs is 7. The lowest BCUT2D eigenvalue weighted by Gasteiger charge is -2.28. The maximum absolute atomic E-state index is 2.50. The first-order valence-electron chi connectivity index (χ1n) is 39.9. The predicted molar refractivity (Wildman–Crippen MR) is 467 cm³/mol. The predicted octanol–water partition coefficient (Wildman–Crippen LogP) is 31.4. The zero-order valence-electron chi connectivity index (χ0n) is 71.2. The molecular weight excluding hydrogens is 1250 g/mol. The highest BCUT2D eigenvalue weighted by atomic mass is 14.3. The van der Waals surface area contributed by atoms with Crippen molar-refractivity contribution in [2.45, 2.75) is 315 Å². The largest absolute Gasteiger partial charge is 0.0616 e. The van der Waals surface area contributed by atoms with E-state index in [1.165, 1.54) is 190 Å². The fourth-order valence-corrected chi connectivity index (χ4v) is 16.7. The van der Waals surface area contributed by atoms with Crippen LogP contribution in [-0.4, -0.2) is 0 Å². The van der Waals surface area contributed by atoms with E-state index in [0.717, 1.165) is 11.8 Å². The van der Waals surface area contributed by atoms with E-state index >= 15 is 0 Å². The van der Waals surface area contributed by atoms with E-state index in [4.69, 9.17) is 0 Å². The van der Waals surface area contributed by atoms with Crippen molar-refractivity contribution in [2.75, 3.05) is 0 Å². The fraction of sp³-hybridized carbons (Fsp3) is 0.462. The zero-order valence-corrected chi connectivity index (χ0v) is 71.2. The van der Waals surface area contributed by atoms with Crippen molar-refractivity contribution in [3.63, 3.8) is 0 Å².